The summed E-state index contributed by atoms with van der Waals surface area (Å²) in [6.45, 7) is 4.33. The van der Waals surface area contributed by atoms with Crippen molar-refractivity contribution in [3.8, 4) is 0 Å². The fourth-order valence-electron chi connectivity index (χ4n) is 3.87. The van der Waals surface area contributed by atoms with Crippen LogP contribution in [-0.4, -0.2) is 54.1 Å². The van der Waals surface area contributed by atoms with Gasteiger partial charge in [-0.05, 0) is 24.6 Å². The molecule has 0 spiro atoms. The highest BCUT2D eigenvalue weighted by atomic mass is 35.5. The number of urea groups is 1. The van der Waals surface area contributed by atoms with Crippen LogP contribution in [0.2, 0.25) is 5.02 Å². The van der Waals surface area contributed by atoms with E-state index in [1.165, 1.54) is 18.2 Å². The van der Waals surface area contributed by atoms with Crippen LogP contribution in [0.5, 0.6) is 0 Å². The van der Waals surface area contributed by atoms with Crippen LogP contribution in [-0.2, 0) is 17.8 Å². The van der Waals surface area contributed by atoms with Crippen molar-refractivity contribution >= 4 is 29.0 Å². The first-order chi connectivity index (χ1) is 13.5. The predicted molar refractivity (Wildman–Crippen MR) is 105 cm³/mol. The molecule has 1 fully saturated rings. The summed E-state index contributed by atoms with van der Waals surface area (Å²) in [6, 6.07) is 3.92. The summed E-state index contributed by atoms with van der Waals surface area (Å²) in [5.41, 5.74) is 2.59. The predicted octanol–water partition coefficient (Wildman–Crippen LogP) is 3.20. The highest BCUT2D eigenvalue weighted by molar-refractivity contribution is 6.31. The van der Waals surface area contributed by atoms with Crippen LogP contribution in [0, 0.1) is 11.7 Å². The third kappa shape index (κ3) is 3.79. The minimum atomic E-state index is -0.511. The SMILES string of the molecule is COCC1CCN(c2cnn3c2CN(C(=O)Nc2ccc(F)c(Cl)c2)CC3)C1. The molecule has 1 aromatic heterocycles. The van der Waals surface area contributed by atoms with E-state index < -0.39 is 5.82 Å². The summed E-state index contributed by atoms with van der Waals surface area (Å²) < 4.78 is 20.6. The van der Waals surface area contributed by atoms with E-state index in [-0.39, 0.29) is 11.1 Å². The Hall–Kier alpha value is -2.32. The van der Waals surface area contributed by atoms with E-state index in [9.17, 15) is 9.18 Å². The molecular weight excluding hydrogens is 385 g/mol. The summed E-state index contributed by atoms with van der Waals surface area (Å²) >= 11 is 5.80. The van der Waals surface area contributed by atoms with E-state index in [0.29, 0.717) is 31.2 Å². The van der Waals surface area contributed by atoms with Gasteiger partial charge in [0, 0.05) is 38.3 Å². The monoisotopic (exact) mass is 407 g/mol. The van der Waals surface area contributed by atoms with Gasteiger partial charge in [-0.2, -0.15) is 5.10 Å². The zero-order chi connectivity index (χ0) is 19.7. The maximum Gasteiger partial charge on any atom is 0.322 e. The van der Waals surface area contributed by atoms with Crippen LogP contribution in [0.1, 0.15) is 12.1 Å². The number of hydrogen-bond acceptors (Lipinski definition) is 4. The Labute approximate surface area is 168 Å². The Bertz CT molecular complexity index is 874. The molecule has 0 saturated carbocycles. The molecule has 1 atom stereocenters. The summed E-state index contributed by atoms with van der Waals surface area (Å²) in [4.78, 5) is 16.7. The lowest BCUT2D eigenvalue weighted by Crippen LogP contribution is -2.41. The molecule has 1 unspecified atom stereocenters. The van der Waals surface area contributed by atoms with Gasteiger partial charge in [0.15, 0.2) is 0 Å². The molecule has 4 rings (SSSR count). The number of rotatable bonds is 4. The number of amides is 2. The molecule has 2 amide bonds. The number of nitrogens with zero attached hydrogens (tertiary/aromatic N) is 4. The van der Waals surface area contributed by atoms with Crippen molar-refractivity contribution in [3.05, 3.63) is 40.9 Å². The Morgan fingerprint density at radius 3 is 3.04 bits per heavy atom. The molecule has 150 valence electrons. The van der Waals surface area contributed by atoms with Crippen LogP contribution in [0.15, 0.2) is 24.4 Å². The van der Waals surface area contributed by atoms with Crippen molar-refractivity contribution in [2.24, 2.45) is 5.92 Å². The van der Waals surface area contributed by atoms with Crippen LogP contribution < -0.4 is 10.2 Å². The van der Waals surface area contributed by atoms with Gasteiger partial charge in [-0.1, -0.05) is 11.6 Å². The maximum atomic E-state index is 13.3. The van der Waals surface area contributed by atoms with Gasteiger partial charge in [-0.3, -0.25) is 4.68 Å². The minimum Gasteiger partial charge on any atom is -0.384 e. The van der Waals surface area contributed by atoms with Crippen LogP contribution in [0.3, 0.4) is 0 Å². The second-order valence-electron chi connectivity index (χ2n) is 7.24. The molecule has 0 bridgehead atoms. The van der Waals surface area contributed by atoms with Gasteiger partial charge in [-0.25, -0.2) is 9.18 Å². The Morgan fingerprint density at radius 1 is 1.39 bits per heavy atom. The van der Waals surface area contributed by atoms with Crippen LogP contribution in [0.25, 0.3) is 0 Å². The first-order valence-corrected chi connectivity index (χ1v) is 9.72. The normalized spacial score (nSPS) is 19.0. The third-order valence-electron chi connectivity index (χ3n) is 5.34. The number of benzene rings is 1. The summed E-state index contributed by atoms with van der Waals surface area (Å²) in [5.74, 6) is 0.00957. The van der Waals surface area contributed by atoms with E-state index in [1.807, 2.05) is 10.9 Å². The fraction of sp³-hybridized carbons (Fsp3) is 0.474. The lowest BCUT2D eigenvalue weighted by atomic mass is 10.1. The summed E-state index contributed by atoms with van der Waals surface area (Å²) in [5, 5.41) is 7.27. The zero-order valence-electron chi connectivity index (χ0n) is 15.7. The van der Waals surface area contributed by atoms with Gasteiger partial charge in [-0.15, -0.1) is 0 Å². The first kappa shape index (κ1) is 19.0. The molecule has 2 aromatic rings. The van der Waals surface area contributed by atoms with E-state index in [4.69, 9.17) is 16.3 Å². The van der Waals surface area contributed by atoms with Gasteiger partial charge in [0.05, 0.1) is 42.3 Å². The second kappa shape index (κ2) is 7.97. The molecule has 1 saturated heterocycles. The number of carbonyl (C=O) groups excluding carboxylic acids is 1. The molecule has 1 N–H and O–H groups in total. The van der Waals surface area contributed by atoms with Gasteiger partial charge in [0.2, 0.25) is 0 Å². The van der Waals surface area contributed by atoms with E-state index in [2.05, 4.69) is 15.3 Å². The molecular formula is C19H23ClFN5O2. The highest BCUT2D eigenvalue weighted by Gasteiger charge is 2.30. The largest absolute Gasteiger partial charge is 0.384 e. The highest BCUT2D eigenvalue weighted by Crippen LogP contribution is 2.30. The Balaban J connectivity index is 1.45. The van der Waals surface area contributed by atoms with E-state index in [0.717, 1.165) is 37.5 Å². The van der Waals surface area contributed by atoms with Crippen molar-refractivity contribution in [1.82, 2.24) is 14.7 Å². The number of anilines is 2. The number of halogens is 2. The van der Waals surface area contributed by atoms with Crippen molar-refractivity contribution in [2.45, 2.75) is 19.5 Å². The van der Waals surface area contributed by atoms with Crippen LogP contribution >= 0.6 is 11.6 Å². The quantitative estimate of drug-likeness (QED) is 0.845. The molecule has 0 radical (unpaired) electrons. The van der Waals surface area contributed by atoms with E-state index >= 15 is 0 Å². The molecule has 2 aliphatic rings. The van der Waals surface area contributed by atoms with Crippen LogP contribution in [0.4, 0.5) is 20.6 Å². The molecule has 7 nitrogen and oxygen atoms in total. The van der Waals surface area contributed by atoms with Gasteiger partial charge < -0.3 is 19.9 Å². The van der Waals surface area contributed by atoms with Crippen molar-refractivity contribution < 1.29 is 13.9 Å². The molecule has 9 heteroatoms. The molecule has 28 heavy (non-hydrogen) atoms. The number of hydrogen-bond donors (Lipinski definition) is 1. The number of fused-ring (bicyclic) bond motifs is 1. The number of aromatic nitrogens is 2. The smallest absolute Gasteiger partial charge is 0.322 e. The minimum absolute atomic E-state index is 0.0172. The molecule has 2 aliphatic heterocycles. The topological polar surface area (TPSA) is 62.6 Å². The number of carbonyl (C=O) groups is 1. The van der Waals surface area contributed by atoms with Gasteiger partial charge in [0.1, 0.15) is 5.82 Å². The lowest BCUT2D eigenvalue weighted by molar-refractivity contribution is 0.161. The second-order valence-corrected chi connectivity index (χ2v) is 7.64. The Morgan fingerprint density at radius 2 is 2.25 bits per heavy atom. The van der Waals surface area contributed by atoms with Crippen molar-refractivity contribution in [3.63, 3.8) is 0 Å². The molecule has 1 aromatic carbocycles. The maximum absolute atomic E-state index is 13.3. The van der Waals surface area contributed by atoms with Crippen molar-refractivity contribution in [2.75, 3.05) is 43.6 Å². The molecule has 3 heterocycles. The first-order valence-electron chi connectivity index (χ1n) is 9.34. The number of ether oxygens (including phenoxy) is 1. The van der Waals surface area contributed by atoms with Crippen molar-refractivity contribution in [1.29, 1.82) is 0 Å². The zero-order valence-corrected chi connectivity index (χ0v) is 16.5. The van der Waals surface area contributed by atoms with Gasteiger partial charge in [0.25, 0.3) is 0 Å². The average molecular weight is 408 g/mol. The average Bonchev–Trinajstić information content (AvgIpc) is 3.31. The lowest BCUT2D eigenvalue weighted by Gasteiger charge is -2.30. The number of methoxy groups -OCH3 is 1. The summed E-state index contributed by atoms with van der Waals surface area (Å²) in [7, 11) is 1.73. The third-order valence-corrected chi connectivity index (χ3v) is 5.63. The summed E-state index contributed by atoms with van der Waals surface area (Å²) in [6.07, 6.45) is 2.99. The fourth-order valence-corrected chi connectivity index (χ4v) is 4.05. The standard InChI is InChI=1S/C19H23ClFN5O2/c1-28-12-13-4-5-24(10-13)17-9-22-26-7-6-25(11-18(17)26)19(27)23-14-2-3-16(21)15(20)8-14/h2-3,8-9,13H,4-7,10-12H2,1H3,(H,23,27). The van der Waals surface area contributed by atoms with E-state index in [1.54, 1.807) is 12.0 Å². The number of nitrogens with one attached hydrogen (secondary N) is 1. The Kier molecular flexibility index (Phi) is 5.41. The molecule has 0 aliphatic carbocycles. The van der Waals surface area contributed by atoms with Gasteiger partial charge >= 0.3 is 6.03 Å².